The monoisotopic (exact) mass is 1750 g/mol. The van der Waals surface area contributed by atoms with Crippen LogP contribution < -0.4 is 90.9 Å². The Morgan fingerprint density at radius 2 is 1.12 bits per heavy atom. The predicted octanol–water partition coefficient (Wildman–Crippen LogP) is -2.30. The molecule has 8 aliphatic rings. The van der Waals surface area contributed by atoms with Crippen LogP contribution in [-0.4, -0.2) is 256 Å². The van der Waals surface area contributed by atoms with Crippen molar-refractivity contribution in [3.63, 3.8) is 0 Å². The van der Waals surface area contributed by atoms with Gasteiger partial charge in [-0.1, -0.05) is 72.2 Å². The third-order valence-electron chi connectivity index (χ3n) is 22.1. The Kier molecular flexibility index (Phi) is 35.9. The number of fused-ring (bicyclic) bond motifs is 25. The zero-order valence-electron chi connectivity index (χ0n) is 70.7. The smallest absolute Gasteiger partial charge is 0.395 e. The average molecular weight is 1750 g/mol. The van der Waals surface area contributed by atoms with Gasteiger partial charge in [0.1, 0.15) is 90.0 Å². The van der Waals surface area contributed by atoms with Gasteiger partial charge in [0.2, 0.25) is 70.9 Å². The predicted molar refractivity (Wildman–Crippen MR) is 440 cm³/mol. The van der Waals surface area contributed by atoms with Crippen LogP contribution >= 0.6 is 0 Å². The summed E-state index contributed by atoms with van der Waals surface area (Å²) in [6.45, 7) is 9.98. The Labute approximate surface area is 720 Å². The molecular formula is C81H115N21O23. The molecule has 16 amide bonds. The van der Waals surface area contributed by atoms with E-state index >= 15 is 28.8 Å². The van der Waals surface area contributed by atoms with Crippen LogP contribution in [0.2, 0.25) is 0 Å². The minimum atomic E-state index is -2.01. The van der Waals surface area contributed by atoms with Gasteiger partial charge in [-0.2, -0.15) is 0 Å². The van der Waals surface area contributed by atoms with Crippen molar-refractivity contribution in [3.05, 3.63) is 59.7 Å². The number of primary amides is 1. The van der Waals surface area contributed by atoms with Crippen LogP contribution in [0.15, 0.2) is 48.5 Å². The Morgan fingerprint density at radius 1 is 0.560 bits per heavy atom. The number of carbonyl (C=O) groups excluding carboxylic acids is 19. The Bertz CT molecular complexity index is 4380. The molecule has 10 rings (SSSR count). The first-order valence-electron chi connectivity index (χ1n) is 42.1. The second kappa shape index (κ2) is 46.0. The topological polar surface area (TPSA) is 658 Å². The van der Waals surface area contributed by atoms with E-state index in [1.807, 2.05) is 0 Å². The number of nitrogens with two attached hydrogens (primary N) is 4. The highest BCUT2D eigenvalue weighted by molar-refractivity contribution is 6.15. The molecule has 8 aliphatic heterocycles. The van der Waals surface area contributed by atoms with Crippen molar-refractivity contribution in [1.29, 1.82) is 10.8 Å². The van der Waals surface area contributed by atoms with Crippen molar-refractivity contribution in [2.24, 2.45) is 40.7 Å². The summed E-state index contributed by atoms with van der Waals surface area (Å²) in [4.78, 5) is 275. The summed E-state index contributed by atoms with van der Waals surface area (Å²) < 4.78 is 20.2. The van der Waals surface area contributed by atoms with Crippen LogP contribution in [0.1, 0.15) is 175 Å². The number of amides is 16. The molecular weight excluding hydrogens is 1640 g/mol. The molecule has 4 saturated heterocycles. The van der Waals surface area contributed by atoms with Crippen molar-refractivity contribution in [2.75, 3.05) is 32.7 Å². The van der Waals surface area contributed by atoms with E-state index in [1.54, 1.807) is 41.5 Å². The standard InChI is InChI=1S/C81H115N21O23/c1-7-43(6)63-71(113)97-55(37-42(4)5)76(118)125-81(121)123-47-25-21-45(22-26-47)39-53(69(111)98-63)96-70(112)56-17-12-34-99(56)73(115)58(15-10-32-88-77(84)85)101-75(117)59(16-11-33-89-78(86)87)102(79(101)119)74(116)57-18-13-35-100(57)72(114)50(14-8-9-31-82)92-68(110)54(40-60(83)103)95-65(107)49-28-30-62(105)124-80(120)122-46-23-19-44(20-24-46)38-52(67(109)91-49)94-66(108)51(36-41(2)3)93-64(106)48-27-29-61(104)90-48/h19-26,41-43,48-59,63H,7-18,27-40,82H2,1-6H3,(H2,83,103)(H,90,104)(H,91,109)(H,92,110)(H,93,106)(H,94,108)(H,95,107)(H,96,112)(H,97,113)(H,98,111)(H4,84,85,88)(H4,86,87,89). The number of likely N-dealkylation sites (tertiary alicyclic amines) is 2. The normalized spacial score (nSPS) is 22.7. The highest BCUT2D eigenvalue weighted by Crippen LogP contribution is 2.33. The van der Waals surface area contributed by atoms with Crippen molar-refractivity contribution < 1.29 is 110 Å². The van der Waals surface area contributed by atoms with Crippen molar-refractivity contribution in [3.8, 4) is 11.5 Å². The summed E-state index contributed by atoms with van der Waals surface area (Å²) in [5, 5.41) is 44.2. The summed E-state index contributed by atoms with van der Waals surface area (Å²) in [7, 11) is 0. The number of carbonyl (C=O) groups is 19. The quantitative estimate of drug-likeness (QED) is 0.00512. The SMILES string of the molecule is CCC(C)C1NC(=O)C(NC(=O)C2CCCN2C(=O)C(CCCNC(=N)N)N2C(=O)C(CCCNC(=N)N)N(C(=O)C3CCCN3C(=O)C(CCCCN)NC(=O)C(CC(N)=O)NC(=O)C3CCC(=O)OC(=O)Oc4ccc(cc4)CC(NC(=O)C(CC(C)C)NC(=O)C4CCC(=O)N4)C(=O)N3)C2=O)Cc2ccc(cc2)OC(=O)OC(=O)C(CC(C)C)NC1=O. The zero-order chi connectivity index (χ0) is 91.6. The Hall–Kier alpha value is -12.9. The lowest BCUT2D eigenvalue weighted by molar-refractivity contribution is -0.147. The lowest BCUT2D eigenvalue weighted by atomic mass is 9.96. The highest BCUT2D eigenvalue weighted by atomic mass is 16.7. The molecule has 4 bridgehead atoms. The van der Waals surface area contributed by atoms with Crippen LogP contribution in [0.25, 0.3) is 0 Å². The lowest BCUT2D eigenvalue weighted by Crippen LogP contribution is -2.61. The molecule has 8 heterocycles. The van der Waals surface area contributed by atoms with E-state index in [0.29, 0.717) is 27.3 Å². The van der Waals surface area contributed by atoms with Gasteiger partial charge in [0, 0.05) is 51.9 Å². The summed E-state index contributed by atoms with van der Waals surface area (Å²) in [5.41, 5.74) is 23.6. The van der Waals surface area contributed by atoms with Gasteiger partial charge in [-0.25, -0.2) is 29.0 Å². The first kappa shape index (κ1) is 97.5. The lowest BCUT2D eigenvalue weighted by Gasteiger charge is -2.33. The maximum atomic E-state index is 15.7. The van der Waals surface area contributed by atoms with Crippen molar-refractivity contribution in [1.82, 2.24) is 78.1 Å². The van der Waals surface area contributed by atoms with Crippen LogP contribution in [0.4, 0.5) is 14.4 Å². The molecule has 0 spiro atoms. The van der Waals surface area contributed by atoms with Crippen molar-refractivity contribution >= 4 is 125 Å². The second-order valence-corrected chi connectivity index (χ2v) is 32.6. The van der Waals surface area contributed by atoms with E-state index in [2.05, 4.69) is 58.5 Å². The molecule has 125 heavy (non-hydrogen) atoms. The molecule has 0 saturated carbocycles. The number of benzene rings is 2. The zero-order valence-corrected chi connectivity index (χ0v) is 70.7. The third-order valence-corrected chi connectivity index (χ3v) is 22.1. The van der Waals surface area contributed by atoms with Gasteiger partial charge in [-0.3, -0.25) is 82.7 Å². The fourth-order valence-corrected chi connectivity index (χ4v) is 15.5. The van der Waals surface area contributed by atoms with E-state index in [9.17, 15) is 62.3 Å². The van der Waals surface area contributed by atoms with E-state index in [1.165, 1.54) is 48.5 Å². The van der Waals surface area contributed by atoms with Gasteiger partial charge in [-0.15, -0.1) is 0 Å². The number of rotatable bonds is 34. The molecule has 682 valence electrons. The van der Waals surface area contributed by atoms with Gasteiger partial charge < -0.3 is 110 Å². The fourth-order valence-electron chi connectivity index (χ4n) is 15.5. The minimum absolute atomic E-state index is 0.00967. The maximum absolute atomic E-state index is 15.7. The van der Waals surface area contributed by atoms with E-state index in [4.69, 9.17) is 52.7 Å². The molecule has 0 radical (unpaired) electrons. The minimum Gasteiger partial charge on any atom is -0.395 e. The van der Waals surface area contributed by atoms with E-state index in [-0.39, 0.29) is 171 Å². The molecule has 0 aliphatic carbocycles. The molecule has 44 nitrogen and oxygen atoms in total. The summed E-state index contributed by atoms with van der Waals surface area (Å²) in [5.74, 6) is -17.9. The maximum Gasteiger partial charge on any atom is 0.521 e. The number of esters is 2. The Balaban J connectivity index is 1.06. The van der Waals surface area contributed by atoms with Gasteiger partial charge in [0.25, 0.3) is 11.8 Å². The third kappa shape index (κ3) is 27.8. The van der Waals surface area contributed by atoms with Gasteiger partial charge in [-0.05, 0) is 156 Å². The number of hydrogen-bond acceptors (Lipinski definition) is 26. The largest absolute Gasteiger partial charge is 0.521 e. The van der Waals surface area contributed by atoms with E-state index in [0.717, 1.165) is 9.80 Å². The first-order valence-corrected chi connectivity index (χ1v) is 42.1. The number of hydrogen-bond donors (Lipinski definition) is 17. The van der Waals surface area contributed by atoms with Gasteiger partial charge in [0.15, 0.2) is 11.9 Å². The first-order chi connectivity index (χ1) is 59.3. The van der Waals surface area contributed by atoms with Crippen LogP contribution in [-0.2, 0) is 99.0 Å². The molecule has 2 aromatic rings. The van der Waals surface area contributed by atoms with Crippen molar-refractivity contribution in [2.45, 2.75) is 255 Å². The highest BCUT2D eigenvalue weighted by Gasteiger charge is 2.56. The van der Waals surface area contributed by atoms with Crippen LogP contribution in [0, 0.1) is 28.6 Å². The number of guanidine groups is 2. The molecule has 14 unspecified atom stereocenters. The van der Waals surface area contributed by atoms with Crippen LogP contribution in [0.5, 0.6) is 11.5 Å². The van der Waals surface area contributed by atoms with Gasteiger partial charge >= 0.3 is 30.3 Å². The summed E-state index contributed by atoms with van der Waals surface area (Å²) >= 11 is 0. The number of nitrogens with one attached hydrogen (secondary N) is 13. The van der Waals surface area contributed by atoms with Gasteiger partial charge in [0.05, 0.1) is 6.42 Å². The molecule has 2 aromatic carbocycles. The second-order valence-electron chi connectivity index (χ2n) is 32.6. The number of nitrogens with zero attached hydrogens (tertiary/aromatic N) is 4. The summed E-state index contributed by atoms with van der Waals surface area (Å²) in [6, 6.07) is -10.4. The molecule has 0 aromatic heterocycles. The summed E-state index contributed by atoms with van der Waals surface area (Å²) in [6.07, 6.45) is -6.04. The Morgan fingerprint density at radius 3 is 1.69 bits per heavy atom. The average Bonchev–Trinajstić information content (AvgIpc) is 1.60. The number of imide groups is 2. The molecule has 44 heteroatoms. The van der Waals surface area contributed by atoms with E-state index < -0.39 is 223 Å². The number of urea groups is 1. The van der Waals surface area contributed by atoms with Crippen LogP contribution in [0.3, 0.4) is 0 Å². The number of ether oxygens (including phenoxy) is 4. The molecule has 4 fully saturated rings. The number of unbranched alkanes of at least 4 members (excludes halogenated alkanes) is 1. The molecule has 14 atom stereocenters. The fraction of sp³-hybridized carbons (Fsp3) is 0.593. The molecule has 21 N–H and O–H groups in total.